The molecule has 0 N–H and O–H groups in total. The molecule has 0 aliphatic carbocycles. The average molecular weight is 306 g/mol. The third-order valence-corrected chi connectivity index (χ3v) is 3.29. The van der Waals surface area contributed by atoms with Crippen molar-refractivity contribution in [2.45, 2.75) is 33.0 Å². The van der Waals surface area contributed by atoms with Crippen LogP contribution in [0, 0.1) is 17.8 Å². The first kappa shape index (κ1) is 16.7. The van der Waals surface area contributed by atoms with Crippen LogP contribution in [0.25, 0.3) is 0 Å². The molecule has 1 aromatic carbocycles. The van der Waals surface area contributed by atoms with Gasteiger partial charge in [-0.25, -0.2) is 4.39 Å². The summed E-state index contributed by atoms with van der Waals surface area (Å²) in [6.07, 6.45) is 0.774. The van der Waals surface area contributed by atoms with Gasteiger partial charge >= 0.3 is 0 Å². The third kappa shape index (κ3) is 4.66. The van der Waals surface area contributed by atoms with Crippen molar-refractivity contribution in [1.82, 2.24) is 0 Å². The highest BCUT2D eigenvalue weighted by Gasteiger charge is 2.25. The average Bonchev–Trinajstić information content (AvgIpc) is 2.54. The first-order valence-corrected chi connectivity index (χ1v) is 7.49. The van der Waals surface area contributed by atoms with E-state index in [1.807, 2.05) is 19.1 Å². The van der Waals surface area contributed by atoms with Crippen molar-refractivity contribution in [3.8, 4) is 11.8 Å². The van der Waals surface area contributed by atoms with E-state index in [1.165, 1.54) is 5.56 Å². The Labute approximate surface area is 130 Å². The molecule has 118 valence electrons. The quantitative estimate of drug-likeness (QED) is 0.781. The lowest BCUT2D eigenvalue weighted by Gasteiger charge is -2.25. The van der Waals surface area contributed by atoms with Crippen LogP contribution in [0.1, 0.15) is 31.4 Å². The van der Waals surface area contributed by atoms with Crippen molar-refractivity contribution in [2.24, 2.45) is 5.92 Å². The minimum atomic E-state index is -1.28. The molecule has 0 radical (unpaired) electrons. The fraction of sp³-hybridized carbons (Fsp3) is 0.444. The van der Waals surface area contributed by atoms with Gasteiger partial charge in [0.1, 0.15) is 0 Å². The molecule has 1 aliphatic heterocycles. The number of ether oxygens (including phenoxy) is 2. The van der Waals surface area contributed by atoms with Crippen LogP contribution < -0.4 is 0 Å². The molecule has 0 atom stereocenters. The molecule has 0 unspecified atom stereocenters. The van der Waals surface area contributed by atoms with Gasteiger partial charge in [0.15, 0.2) is 0 Å². The Balaban J connectivity index is 2.04. The first-order chi connectivity index (χ1) is 10.6. The van der Waals surface area contributed by atoms with Gasteiger partial charge in [0.25, 0.3) is 0 Å². The molecule has 2 nitrogen and oxygen atoms in total. The van der Waals surface area contributed by atoms with E-state index in [4.69, 9.17) is 9.47 Å². The van der Waals surface area contributed by atoms with Crippen LogP contribution in [-0.4, -0.2) is 19.5 Å². The third-order valence-electron chi connectivity index (χ3n) is 3.29. The zero-order valence-electron chi connectivity index (χ0n) is 12.9. The highest BCUT2D eigenvalue weighted by Crippen LogP contribution is 2.21. The summed E-state index contributed by atoms with van der Waals surface area (Å²) in [5.41, 5.74) is 1.84. The molecule has 0 spiro atoms. The summed E-state index contributed by atoms with van der Waals surface area (Å²) < 4.78 is 37.8. The van der Waals surface area contributed by atoms with E-state index in [1.54, 1.807) is 12.1 Å². The summed E-state index contributed by atoms with van der Waals surface area (Å²) in [6.45, 7) is 4.71. The van der Waals surface area contributed by atoms with Gasteiger partial charge in [-0.3, -0.25) is 0 Å². The molecule has 1 saturated heterocycles. The molecule has 2 rings (SSSR count). The Morgan fingerprint density at radius 2 is 1.82 bits per heavy atom. The van der Waals surface area contributed by atoms with Gasteiger partial charge < -0.3 is 9.47 Å². The van der Waals surface area contributed by atoms with Crippen LogP contribution in [0.2, 0.25) is 0 Å². The Kier molecular flexibility index (Phi) is 6.11. The predicted octanol–water partition coefficient (Wildman–Crippen LogP) is 4.15. The number of halogens is 2. The summed E-state index contributed by atoms with van der Waals surface area (Å²) >= 11 is 0. The van der Waals surface area contributed by atoms with Crippen molar-refractivity contribution < 1.29 is 18.3 Å². The molecular weight excluding hydrogens is 286 g/mol. The number of rotatable bonds is 3. The molecule has 0 aromatic heterocycles. The Bertz CT molecular complexity index is 573. The molecule has 1 heterocycles. The van der Waals surface area contributed by atoms with Crippen LogP contribution in [0.15, 0.2) is 35.9 Å². The Morgan fingerprint density at radius 1 is 1.18 bits per heavy atom. The van der Waals surface area contributed by atoms with E-state index in [2.05, 4.69) is 18.8 Å². The Morgan fingerprint density at radius 3 is 2.41 bits per heavy atom. The number of hydrogen-bond donors (Lipinski definition) is 0. The van der Waals surface area contributed by atoms with Gasteiger partial charge in [0, 0.05) is 11.5 Å². The largest absolute Gasteiger partial charge is 0.346 e. The molecule has 4 heteroatoms. The van der Waals surface area contributed by atoms with Crippen LogP contribution in [0.4, 0.5) is 8.78 Å². The van der Waals surface area contributed by atoms with Gasteiger partial charge in [0.2, 0.25) is 17.9 Å². The number of aryl methyl sites for hydroxylation is 1. The zero-order valence-corrected chi connectivity index (χ0v) is 12.9. The van der Waals surface area contributed by atoms with Crippen molar-refractivity contribution in [3.05, 3.63) is 47.0 Å². The highest BCUT2D eigenvalue weighted by atomic mass is 19.2. The smallest absolute Gasteiger partial charge is 0.214 e. The van der Waals surface area contributed by atoms with Crippen molar-refractivity contribution in [2.75, 3.05) is 13.2 Å². The fourth-order valence-electron chi connectivity index (χ4n) is 2.08. The maximum Gasteiger partial charge on any atom is 0.214 e. The monoisotopic (exact) mass is 306 g/mol. The molecule has 0 bridgehead atoms. The molecule has 1 fully saturated rings. The summed E-state index contributed by atoms with van der Waals surface area (Å²) in [5, 5.41) is 0. The molecule has 0 amide bonds. The molecule has 1 aliphatic rings. The van der Waals surface area contributed by atoms with E-state index in [-0.39, 0.29) is 5.92 Å². The van der Waals surface area contributed by atoms with E-state index < -0.39 is 17.9 Å². The van der Waals surface area contributed by atoms with Crippen LogP contribution in [0.3, 0.4) is 0 Å². The first-order valence-electron chi connectivity index (χ1n) is 7.49. The van der Waals surface area contributed by atoms with Crippen molar-refractivity contribution in [1.29, 1.82) is 0 Å². The second-order valence-electron chi connectivity index (χ2n) is 5.46. The van der Waals surface area contributed by atoms with Gasteiger partial charge in [-0.05, 0) is 30.0 Å². The molecular formula is C18H20F2O2. The number of allylic oxidation sites excluding steroid dienone is 1. The van der Waals surface area contributed by atoms with Crippen LogP contribution in [-0.2, 0) is 15.9 Å². The maximum absolute atomic E-state index is 13.8. The van der Waals surface area contributed by atoms with Gasteiger partial charge in [-0.2, -0.15) is 4.39 Å². The highest BCUT2D eigenvalue weighted by molar-refractivity contribution is 5.40. The lowest BCUT2D eigenvalue weighted by atomic mass is 10.1. The second kappa shape index (κ2) is 8.07. The molecule has 22 heavy (non-hydrogen) atoms. The lowest BCUT2D eigenvalue weighted by molar-refractivity contribution is -0.185. The zero-order chi connectivity index (χ0) is 15.9. The summed E-state index contributed by atoms with van der Waals surface area (Å²) in [7, 11) is 0. The minimum absolute atomic E-state index is 0.180. The second-order valence-corrected chi connectivity index (χ2v) is 5.46. The van der Waals surface area contributed by atoms with Crippen molar-refractivity contribution >= 4 is 0 Å². The normalized spacial score (nSPS) is 22.5. The Hall–Kier alpha value is -1.70. The predicted molar refractivity (Wildman–Crippen MR) is 81.4 cm³/mol. The summed E-state index contributed by atoms with van der Waals surface area (Å²) in [4.78, 5) is 0. The summed E-state index contributed by atoms with van der Waals surface area (Å²) in [5.74, 6) is 2.74. The lowest BCUT2D eigenvalue weighted by Crippen LogP contribution is -2.31. The van der Waals surface area contributed by atoms with Gasteiger partial charge in [0.05, 0.1) is 13.2 Å². The van der Waals surface area contributed by atoms with E-state index >= 15 is 0 Å². The van der Waals surface area contributed by atoms with Crippen LogP contribution in [0.5, 0.6) is 0 Å². The molecule has 1 aromatic rings. The standard InChI is InChI=1S/C18H20F2O2/c1-3-4-14-5-7-15(8-6-14)9-10-16(19)17(20)18-21-11-13(2)12-22-18/h5-8,13,18H,3-4,11-12H2,1-2H3. The topological polar surface area (TPSA) is 18.5 Å². The van der Waals surface area contributed by atoms with E-state index in [0.717, 1.165) is 12.8 Å². The number of benzene rings is 1. The summed E-state index contributed by atoms with van der Waals surface area (Å²) in [6, 6.07) is 7.50. The minimum Gasteiger partial charge on any atom is -0.346 e. The maximum atomic E-state index is 13.8. The van der Waals surface area contributed by atoms with E-state index in [9.17, 15) is 8.78 Å². The molecule has 0 saturated carbocycles. The van der Waals surface area contributed by atoms with Gasteiger partial charge in [-0.1, -0.05) is 38.3 Å². The van der Waals surface area contributed by atoms with E-state index in [0.29, 0.717) is 18.8 Å². The number of hydrogen-bond acceptors (Lipinski definition) is 2. The van der Waals surface area contributed by atoms with Crippen molar-refractivity contribution in [3.63, 3.8) is 0 Å². The fourth-order valence-corrected chi connectivity index (χ4v) is 2.08. The van der Waals surface area contributed by atoms with Crippen LogP contribution >= 0.6 is 0 Å². The SMILES string of the molecule is CCCc1ccc(C#CC(F)=C(F)C2OCC(C)CO2)cc1. The van der Waals surface area contributed by atoms with Gasteiger partial charge in [-0.15, -0.1) is 0 Å².